The Labute approximate surface area is 162 Å². The van der Waals surface area contributed by atoms with Gasteiger partial charge in [0.2, 0.25) is 0 Å². The fourth-order valence-corrected chi connectivity index (χ4v) is 3.45. The van der Waals surface area contributed by atoms with Crippen LogP contribution in [0.25, 0.3) is 0 Å². The van der Waals surface area contributed by atoms with Crippen LogP contribution in [-0.2, 0) is 0 Å². The van der Waals surface area contributed by atoms with Crippen molar-refractivity contribution in [2.45, 2.75) is 12.5 Å². The lowest BCUT2D eigenvalue weighted by atomic mass is 9.98. The zero-order valence-corrected chi connectivity index (χ0v) is 15.5. The number of hydrogen-bond acceptors (Lipinski definition) is 3. The van der Waals surface area contributed by atoms with Crippen molar-refractivity contribution in [3.05, 3.63) is 94.8 Å². The number of methoxy groups -OCH3 is 1. The molecule has 0 radical (unpaired) electrons. The van der Waals surface area contributed by atoms with Gasteiger partial charge in [0.15, 0.2) is 0 Å². The SMILES string of the molecule is COc1ccc(C2CC(c3ccc(F)cc3)=NN2c2cccc(Cl)c2)cc1. The molecule has 3 aromatic carbocycles. The molecule has 0 aliphatic carbocycles. The lowest BCUT2D eigenvalue weighted by Crippen LogP contribution is -2.18. The maximum Gasteiger partial charge on any atom is 0.123 e. The molecule has 0 spiro atoms. The van der Waals surface area contributed by atoms with Crippen molar-refractivity contribution in [2.75, 3.05) is 12.1 Å². The van der Waals surface area contributed by atoms with Crippen molar-refractivity contribution < 1.29 is 9.13 Å². The van der Waals surface area contributed by atoms with Gasteiger partial charge in [-0.1, -0.05) is 41.9 Å². The van der Waals surface area contributed by atoms with Crippen molar-refractivity contribution in [3.8, 4) is 5.75 Å². The highest BCUT2D eigenvalue weighted by molar-refractivity contribution is 6.30. The van der Waals surface area contributed by atoms with Crippen LogP contribution in [0.1, 0.15) is 23.6 Å². The first-order valence-electron chi connectivity index (χ1n) is 8.66. The topological polar surface area (TPSA) is 24.8 Å². The molecule has 136 valence electrons. The molecular formula is C22H18ClFN2O. The first-order chi connectivity index (χ1) is 13.1. The number of halogens is 2. The summed E-state index contributed by atoms with van der Waals surface area (Å²) in [5, 5.41) is 7.47. The van der Waals surface area contributed by atoms with Crippen LogP contribution in [0, 0.1) is 5.82 Å². The Bertz CT molecular complexity index is 970. The number of hydrogen-bond donors (Lipinski definition) is 0. The van der Waals surface area contributed by atoms with E-state index in [9.17, 15) is 4.39 Å². The molecule has 1 aliphatic heterocycles. The first kappa shape index (κ1) is 17.6. The molecule has 0 saturated carbocycles. The van der Waals surface area contributed by atoms with Crippen molar-refractivity contribution in [1.82, 2.24) is 0 Å². The van der Waals surface area contributed by atoms with Crippen LogP contribution in [0.2, 0.25) is 5.02 Å². The third-order valence-electron chi connectivity index (χ3n) is 4.66. The summed E-state index contributed by atoms with van der Waals surface area (Å²) in [6.45, 7) is 0. The molecule has 0 amide bonds. The smallest absolute Gasteiger partial charge is 0.123 e. The minimum atomic E-state index is -0.254. The largest absolute Gasteiger partial charge is 0.497 e. The molecule has 0 fully saturated rings. The zero-order valence-electron chi connectivity index (χ0n) is 14.8. The molecule has 3 aromatic rings. The molecule has 1 unspecified atom stereocenters. The van der Waals surface area contributed by atoms with Crippen LogP contribution >= 0.6 is 11.6 Å². The summed E-state index contributed by atoms with van der Waals surface area (Å²) in [5.74, 6) is 0.557. The molecular weight excluding hydrogens is 363 g/mol. The van der Waals surface area contributed by atoms with E-state index in [-0.39, 0.29) is 11.9 Å². The molecule has 0 saturated heterocycles. The summed E-state index contributed by atoms with van der Waals surface area (Å²) < 4.78 is 18.6. The summed E-state index contributed by atoms with van der Waals surface area (Å²) >= 11 is 6.19. The molecule has 4 rings (SSSR count). The van der Waals surface area contributed by atoms with E-state index in [1.165, 1.54) is 12.1 Å². The van der Waals surface area contributed by atoms with E-state index < -0.39 is 0 Å². The van der Waals surface area contributed by atoms with E-state index in [2.05, 4.69) is 0 Å². The van der Waals surface area contributed by atoms with Gasteiger partial charge in [-0.15, -0.1) is 0 Å². The number of hydrazone groups is 1. The second-order valence-corrected chi connectivity index (χ2v) is 6.81. The molecule has 0 bridgehead atoms. The average Bonchev–Trinajstić information content (AvgIpc) is 3.14. The fraction of sp³-hybridized carbons (Fsp3) is 0.136. The summed E-state index contributed by atoms with van der Waals surface area (Å²) in [6.07, 6.45) is 0.713. The Kier molecular flexibility index (Phi) is 4.82. The minimum Gasteiger partial charge on any atom is -0.497 e. The van der Waals surface area contributed by atoms with Gasteiger partial charge in [0.1, 0.15) is 11.6 Å². The molecule has 5 heteroatoms. The minimum absolute atomic E-state index is 0.0226. The van der Waals surface area contributed by atoms with Crippen molar-refractivity contribution in [3.63, 3.8) is 0 Å². The number of benzene rings is 3. The summed E-state index contributed by atoms with van der Waals surface area (Å²) in [4.78, 5) is 0. The van der Waals surface area contributed by atoms with Gasteiger partial charge in [-0.3, -0.25) is 5.01 Å². The van der Waals surface area contributed by atoms with Gasteiger partial charge in [-0.05, 0) is 53.6 Å². The zero-order chi connectivity index (χ0) is 18.8. The standard InChI is InChI=1S/C22H18ClFN2O/c1-27-20-11-7-16(8-12-20)22-14-21(15-5-9-18(24)10-6-15)25-26(22)19-4-2-3-17(23)13-19/h2-13,22H,14H2,1H3. The van der Waals surface area contributed by atoms with Crippen LogP contribution in [0.5, 0.6) is 5.75 Å². The average molecular weight is 381 g/mol. The van der Waals surface area contributed by atoms with Crippen LogP contribution < -0.4 is 9.75 Å². The van der Waals surface area contributed by atoms with Crippen molar-refractivity contribution in [2.24, 2.45) is 5.10 Å². The van der Waals surface area contributed by atoms with Crippen LogP contribution in [0.4, 0.5) is 10.1 Å². The Morgan fingerprint density at radius 1 is 1.04 bits per heavy atom. The summed E-state index contributed by atoms with van der Waals surface area (Å²) in [7, 11) is 1.65. The van der Waals surface area contributed by atoms with Crippen LogP contribution in [0.15, 0.2) is 77.9 Å². The van der Waals surface area contributed by atoms with Gasteiger partial charge in [-0.25, -0.2) is 4.39 Å². The number of nitrogens with zero attached hydrogens (tertiary/aromatic N) is 2. The normalized spacial score (nSPS) is 16.3. The van der Waals surface area contributed by atoms with Gasteiger partial charge in [0.05, 0.1) is 24.6 Å². The molecule has 1 atom stereocenters. The Morgan fingerprint density at radius 3 is 2.44 bits per heavy atom. The van der Waals surface area contributed by atoms with Crippen molar-refractivity contribution in [1.29, 1.82) is 0 Å². The molecule has 0 aromatic heterocycles. The van der Waals surface area contributed by atoms with E-state index >= 15 is 0 Å². The van der Waals surface area contributed by atoms with E-state index in [0.29, 0.717) is 11.4 Å². The van der Waals surface area contributed by atoms with Gasteiger partial charge >= 0.3 is 0 Å². The fourth-order valence-electron chi connectivity index (χ4n) is 3.27. The number of rotatable bonds is 4. The van der Waals surface area contributed by atoms with Gasteiger partial charge in [-0.2, -0.15) is 5.10 Å². The summed E-state index contributed by atoms with van der Waals surface area (Å²) in [6, 6.07) is 22.1. The highest BCUT2D eigenvalue weighted by Gasteiger charge is 2.30. The molecule has 0 N–H and O–H groups in total. The summed E-state index contributed by atoms with van der Waals surface area (Å²) in [5.41, 5.74) is 3.87. The lowest BCUT2D eigenvalue weighted by molar-refractivity contribution is 0.414. The van der Waals surface area contributed by atoms with Crippen molar-refractivity contribution >= 4 is 23.0 Å². The number of anilines is 1. The van der Waals surface area contributed by atoms with Gasteiger partial charge in [0, 0.05) is 11.4 Å². The maximum absolute atomic E-state index is 13.3. The highest BCUT2D eigenvalue weighted by atomic mass is 35.5. The van der Waals surface area contributed by atoms with Crippen LogP contribution in [-0.4, -0.2) is 12.8 Å². The Morgan fingerprint density at radius 2 is 1.78 bits per heavy atom. The predicted molar refractivity (Wildman–Crippen MR) is 107 cm³/mol. The maximum atomic E-state index is 13.3. The van der Waals surface area contributed by atoms with E-state index in [1.807, 2.05) is 53.5 Å². The number of ether oxygens (including phenoxy) is 1. The van der Waals surface area contributed by atoms with Crippen LogP contribution in [0.3, 0.4) is 0 Å². The van der Waals surface area contributed by atoms with Gasteiger partial charge < -0.3 is 4.74 Å². The van der Waals surface area contributed by atoms with E-state index in [4.69, 9.17) is 21.4 Å². The molecule has 1 heterocycles. The molecule has 27 heavy (non-hydrogen) atoms. The molecule has 1 aliphatic rings. The third-order valence-corrected chi connectivity index (χ3v) is 4.90. The Hall–Kier alpha value is -2.85. The second-order valence-electron chi connectivity index (χ2n) is 6.37. The second kappa shape index (κ2) is 7.41. The Balaban J connectivity index is 1.73. The molecule has 3 nitrogen and oxygen atoms in total. The highest BCUT2D eigenvalue weighted by Crippen LogP contribution is 2.37. The van der Waals surface area contributed by atoms with E-state index in [0.717, 1.165) is 28.3 Å². The van der Waals surface area contributed by atoms with Gasteiger partial charge in [0.25, 0.3) is 0 Å². The van der Waals surface area contributed by atoms with E-state index in [1.54, 1.807) is 19.2 Å². The lowest BCUT2D eigenvalue weighted by Gasteiger charge is -2.24. The first-order valence-corrected chi connectivity index (χ1v) is 9.04. The third kappa shape index (κ3) is 3.67. The monoisotopic (exact) mass is 380 g/mol. The quantitative estimate of drug-likeness (QED) is 0.567. The predicted octanol–water partition coefficient (Wildman–Crippen LogP) is 5.84.